The lowest BCUT2D eigenvalue weighted by Gasteiger charge is -2.51. The van der Waals surface area contributed by atoms with Gasteiger partial charge in [-0.3, -0.25) is 72.8 Å². The fraction of sp³-hybridized carbons (Fsp3) is 1.00. The maximum Gasteiger partial charge on any atom is 0.397 e. The summed E-state index contributed by atoms with van der Waals surface area (Å²) in [6, 6.07) is 0. The van der Waals surface area contributed by atoms with Crippen LogP contribution in [0.15, 0.2) is 0 Å². The monoisotopic (exact) mass is 2250 g/mol. The lowest BCUT2D eigenvalue weighted by atomic mass is 9.75. The van der Waals surface area contributed by atoms with E-state index in [1.165, 1.54) is 13.8 Å². The van der Waals surface area contributed by atoms with Gasteiger partial charge in [-0.1, -0.05) is 27.2 Å². The van der Waals surface area contributed by atoms with Gasteiger partial charge in [0.2, 0.25) is 0 Å². The van der Waals surface area contributed by atoms with Crippen molar-refractivity contribution >= 4 is 166 Å². The van der Waals surface area contributed by atoms with Crippen molar-refractivity contribution in [2.24, 2.45) is 17.8 Å². The summed E-state index contributed by atoms with van der Waals surface area (Å²) < 4.78 is 694. The summed E-state index contributed by atoms with van der Waals surface area (Å²) in [6.07, 6.45) is -96.7. The van der Waals surface area contributed by atoms with E-state index in [1.807, 2.05) is 0 Å². The molecule has 6 aliphatic rings. The van der Waals surface area contributed by atoms with Gasteiger partial charge in [-0.2, -0.15) is 135 Å². The Bertz CT molecular complexity index is 5890. The van der Waals surface area contributed by atoms with Crippen LogP contribution in [-0.4, -0.2) is 400 Å². The molecule has 5 aliphatic heterocycles. The van der Waals surface area contributed by atoms with Crippen LogP contribution in [0.25, 0.3) is 0 Å². The molecule has 16 N–H and O–H groups in total. The Morgan fingerprint density at radius 3 is 0.562 bits per heavy atom. The summed E-state index contributed by atoms with van der Waals surface area (Å²) in [6.45, 7) is -7.39. The average molecular weight is 2250 g/mol. The predicted molar refractivity (Wildman–Crippen MR) is 377 cm³/mol. The second kappa shape index (κ2) is 43.3. The van der Waals surface area contributed by atoms with E-state index >= 15 is 0 Å². The van der Waals surface area contributed by atoms with Crippen molar-refractivity contribution in [1.29, 1.82) is 0 Å². The zero-order valence-corrected chi connectivity index (χ0v) is 75.8. The number of hydrogen-bond acceptors (Lipinski definition) is 58. The molecule has 770 valence electrons. The van der Waals surface area contributed by atoms with E-state index in [4.69, 9.17) is 51.6 Å². The van der Waals surface area contributed by atoms with E-state index in [1.54, 1.807) is 6.92 Å². The molecule has 0 bridgehead atoms. The third-order valence-electron chi connectivity index (χ3n) is 16.9. The van der Waals surface area contributed by atoms with Gasteiger partial charge >= 0.3 is 166 Å². The Balaban J connectivity index is 1.82. The summed E-state index contributed by atoms with van der Waals surface area (Å²) in [7, 11) is -106. The Kier molecular flexibility index (Phi) is 38.7. The van der Waals surface area contributed by atoms with Gasteiger partial charge in [-0.25, -0.2) is 66.9 Å². The Morgan fingerprint density at radius 1 is 0.223 bits per heavy atom. The van der Waals surface area contributed by atoms with Gasteiger partial charge < -0.3 is 47.4 Å². The van der Waals surface area contributed by atoms with Crippen molar-refractivity contribution in [3.63, 3.8) is 0 Å². The van der Waals surface area contributed by atoms with Crippen molar-refractivity contribution in [3.8, 4) is 0 Å². The van der Waals surface area contributed by atoms with E-state index in [0.29, 0.717) is 6.42 Å². The minimum atomic E-state index is -7.13. The molecule has 90 heteroatoms. The molecule has 0 unspecified atom stereocenters. The molecule has 5 saturated heterocycles. The van der Waals surface area contributed by atoms with Crippen molar-refractivity contribution in [1.82, 2.24) is 0 Å². The van der Waals surface area contributed by atoms with Crippen LogP contribution in [0.5, 0.6) is 0 Å². The van der Waals surface area contributed by atoms with Gasteiger partial charge in [0.25, 0.3) is 0 Å². The highest BCUT2D eigenvalue weighted by atomic mass is 32.3. The average Bonchev–Trinajstić information content (AvgIpc) is 0.745. The first-order valence-corrected chi connectivity index (χ1v) is 54.8. The quantitative estimate of drug-likeness (QED) is 0.0252. The van der Waals surface area contributed by atoms with Crippen LogP contribution >= 0.6 is 0 Å². The molecule has 6 rings (SSSR count). The van der Waals surface area contributed by atoms with Crippen LogP contribution < -0.4 is 0 Å². The SMILES string of the molecule is CC(C)[C@@H]1CC[C@@H](C)C[C@H]1O[C@@H]1O[C@H](COS(=O)(=O)O)[C@@H](OS(=O)(=O)O)[C@H](O[C@@H]2O[C@H](COS(=O)(=O)O)[C@@H](OS(=O)(=O)O)[C@H](O[C@@H]3O[C@H](COS(=O)(=O)O)[C@@H](OS(=O)(=O)O)[C@H](O[C@@H]4O[C@H](COS(=O)(=O)O)[C@@H](OS(=O)(=O)O)[C@H](O[C@@H]5O[C@H](COS(=O)(=O)O)[C@@H](OS(=O)(=O)O)[C@H](OS(=O)(=O)O)[C@H]5OS(=O)(=O)O)[C@H]4OS(=O)(=O)O)[C@H]3OS(=O)(=O)O)[C@H]2OS(=O)(=O)O)[C@H]1OS(=O)(=O)O. The van der Waals surface area contributed by atoms with Crippen LogP contribution in [0.4, 0.5) is 0 Å². The summed E-state index contributed by atoms with van der Waals surface area (Å²) in [4.78, 5) is 0. The highest BCUT2D eigenvalue weighted by molar-refractivity contribution is 7.84. The molecular formula is C40H70O74S16. The molecular weight excluding hydrogens is 2180 g/mol. The van der Waals surface area contributed by atoms with Crippen LogP contribution in [0, 0.1) is 17.8 Å². The molecule has 6 fully saturated rings. The largest absolute Gasteiger partial charge is 0.397 e. The first-order valence-electron chi connectivity index (χ1n) is 32.9. The molecule has 130 heavy (non-hydrogen) atoms. The molecule has 0 spiro atoms. The maximum absolute atomic E-state index is 13.5. The van der Waals surface area contributed by atoms with Crippen LogP contribution in [-0.2, 0) is 281 Å². The smallest absolute Gasteiger partial charge is 0.346 e. The van der Waals surface area contributed by atoms with Gasteiger partial charge in [0.15, 0.2) is 62.0 Å². The predicted octanol–water partition coefficient (Wildman–Crippen LogP) is -11.2. The maximum atomic E-state index is 13.5. The van der Waals surface area contributed by atoms with E-state index in [2.05, 4.69) is 62.7 Å². The molecule has 1 saturated carbocycles. The number of rotatable bonds is 48. The van der Waals surface area contributed by atoms with Crippen LogP contribution in [0.1, 0.15) is 40.0 Å². The first-order chi connectivity index (χ1) is 58.1. The number of ether oxygens (including phenoxy) is 10. The molecule has 1 aliphatic carbocycles. The standard InChI is InChI=1S/C40H70O74S16/c1-12(2)14-5-4-13(3)6-15(14)94-36-31(110-126(74,75)76)26(21(104-120(56,57)58)16(95-36)7-89-115(41,42)43)100-37-32(111-127(77,78)79)27(22(105-121(59,60)61)17(96-37)8-90-116(44,45)46)101-38-33(112-128(80,81)82)28(23(106-122(62,63)64)18(97-38)9-91-117(47,48)49)102-39-34(113-129(83,84)85)29(24(107-123(65,66)67)19(98-39)10-92-118(50,51)52)103-40-35(114-130(86,87)88)30(109-125(71,72)73)25(108-124(68,69)70)20(99-40)11-93-119(53,54)55/h12-40H,4-11H2,1-3H3,(H,41,42,43)(H,44,45,46)(H,47,48,49)(H,50,51,52)(H,53,54,55)(H,56,57,58)(H,59,60,61)(H,62,63,64)(H,65,66,67)(H,68,69,70)(H,71,72,73)(H,74,75,76)(H,77,78,79)(H,80,81,82)(H,83,84,85)(H,86,87,88)/t13-,14+,15-,16-,17-,18-,19-,20-,21-,22-,23-,24-,25-,26+,27+,28+,29+,30+,31-,32-,33-,34-,35-,36-,37+,38+,39+,40+/m1/s1. The van der Waals surface area contributed by atoms with Gasteiger partial charge in [0, 0.05) is 0 Å². The van der Waals surface area contributed by atoms with Gasteiger partial charge in [0.05, 0.1) is 39.1 Å². The van der Waals surface area contributed by atoms with E-state index in [0.717, 1.165) is 0 Å². The van der Waals surface area contributed by atoms with E-state index in [9.17, 15) is 208 Å². The first kappa shape index (κ1) is 116. The fourth-order valence-electron chi connectivity index (χ4n) is 12.8. The highest BCUT2D eigenvalue weighted by Gasteiger charge is 2.65. The summed E-state index contributed by atoms with van der Waals surface area (Å²) in [5.41, 5.74) is 0. The summed E-state index contributed by atoms with van der Waals surface area (Å²) in [5, 5.41) is 0. The van der Waals surface area contributed by atoms with Crippen molar-refractivity contribution in [2.75, 3.05) is 33.0 Å². The molecule has 0 aromatic rings. The fourth-order valence-corrected chi connectivity index (χ4v) is 19.8. The highest BCUT2D eigenvalue weighted by Crippen LogP contribution is 2.45. The van der Waals surface area contributed by atoms with Crippen molar-refractivity contribution in [2.45, 2.75) is 200 Å². The Hall–Kier alpha value is -2.48. The van der Waals surface area contributed by atoms with Gasteiger partial charge in [-0.15, -0.1) is 0 Å². The molecule has 0 amide bonds. The summed E-state index contributed by atoms with van der Waals surface area (Å²) >= 11 is 0. The summed E-state index contributed by atoms with van der Waals surface area (Å²) in [5.74, 6) is -1.84. The zero-order chi connectivity index (χ0) is 99.8. The van der Waals surface area contributed by atoms with Gasteiger partial charge in [0.1, 0.15) is 91.6 Å². The molecule has 28 atom stereocenters. The topological polar surface area (TPSA) is 1110 Å². The van der Waals surface area contributed by atoms with E-state index in [-0.39, 0.29) is 12.8 Å². The lowest BCUT2D eigenvalue weighted by Crippen LogP contribution is -2.70. The molecule has 0 radical (unpaired) electrons. The number of hydrogen-bond donors (Lipinski definition) is 16. The van der Waals surface area contributed by atoms with E-state index < -0.39 is 377 Å². The molecule has 0 aromatic heterocycles. The second-order valence-electron chi connectivity index (χ2n) is 26.6. The Labute approximate surface area is 733 Å². The normalized spacial score (nSPS) is 34.2. The van der Waals surface area contributed by atoms with Crippen molar-refractivity contribution < 1.29 is 322 Å². The van der Waals surface area contributed by atoms with Crippen LogP contribution in [0.3, 0.4) is 0 Å². The van der Waals surface area contributed by atoms with Crippen molar-refractivity contribution in [3.05, 3.63) is 0 Å². The molecule has 5 heterocycles. The molecule has 0 aromatic carbocycles. The lowest BCUT2D eigenvalue weighted by molar-refractivity contribution is -0.386. The zero-order valence-electron chi connectivity index (χ0n) is 62.8. The minimum Gasteiger partial charge on any atom is -0.346 e. The van der Waals surface area contributed by atoms with Gasteiger partial charge in [-0.05, 0) is 30.6 Å². The third-order valence-corrected chi connectivity index (χ3v) is 24.1. The van der Waals surface area contributed by atoms with Crippen LogP contribution in [0.2, 0.25) is 0 Å². The minimum absolute atomic E-state index is 0.123. The second-order valence-corrected chi connectivity index (χ2v) is 43.5. The third kappa shape index (κ3) is 40.4. The molecule has 74 nitrogen and oxygen atoms in total. The Morgan fingerprint density at radius 2 is 0.385 bits per heavy atom.